The summed E-state index contributed by atoms with van der Waals surface area (Å²) in [5, 5.41) is 2.83. The zero-order valence-electron chi connectivity index (χ0n) is 13.5. The molecule has 0 aromatic heterocycles. The van der Waals surface area contributed by atoms with Gasteiger partial charge in [-0.25, -0.2) is 4.39 Å². The highest BCUT2D eigenvalue weighted by Gasteiger charge is 2.35. The Labute approximate surface area is 140 Å². The Kier molecular flexibility index (Phi) is 4.60. The van der Waals surface area contributed by atoms with Crippen molar-refractivity contribution in [3.05, 3.63) is 65.5 Å². The van der Waals surface area contributed by atoms with Gasteiger partial charge in [0.15, 0.2) is 0 Å². The maximum atomic E-state index is 12.9. The molecule has 0 bridgehead atoms. The zero-order chi connectivity index (χ0) is 17.1. The summed E-state index contributed by atoms with van der Waals surface area (Å²) in [6.07, 6.45) is 0.212. The van der Waals surface area contributed by atoms with Crippen molar-refractivity contribution < 1.29 is 14.0 Å². The SMILES string of the molecule is Cc1ccccc1N1C[C@H](C(=O)NCc2ccc(F)cc2)CC1=O. The van der Waals surface area contributed by atoms with E-state index >= 15 is 0 Å². The number of rotatable bonds is 4. The van der Waals surface area contributed by atoms with Crippen LogP contribution < -0.4 is 10.2 Å². The van der Waals surface area contributed by atoms with Gasteiger partial charge >= 0.3 is 0 Å². The monoisotopic (exact) mass is 326 g/mol. The molecule has 124 valence electrons. The molecule has 0 radical (unpaired) electrons. The lowest BCUT2D eigenvalue weighted by atomic mass is 10.1. The molecule has 1 heterocycles. The van der Waals surface area contributed by atoms with E-state index in [4.69, 9.17) is 0 Å². The van der Waals surface area contributed by atoms with Gasteiger partial charge in [0.2, 0.25) is 11.8 Å². The first-order valence-electron chi connectivity index (χ1n) is 7.93. The van der Waals surface area contributed by atoms with Crippen molar-refractivity contribution in [3.63, 3.8) is 0 Å². The van der Waals surface area contributed by atoms with Crippen molar-refractivity contribution in [2.24, 2.45) is 5.92 Å². The quantitative estimate of drug-likeness (QED) is 0.939. The summed E-state index contributed by atoms with van der Waals surface area (Å²) in [7, 11) is 0. The van der Waals surface area contributed by atoms with Crippen LogP contribution in [-0.4, -0.2) is 18.4 Å². The summed E-state index contributed by atoms with van der Waals surface area (Å²) in [5.74, 6) is -0.854. The molecule has 2 amide bonds. The summed E-state index contributed by atoms with van der Waals surface area (Å²) in [5.41, 5.74) is 2.69. The minimum atomic E-state index is -0.363. The first-order chi connectivity index (χ1) is 11.5. The van der Waals surface area contributed by atoms with E-state index in [-0.39, 0.29) is 30.0 Å². The van der Waals surface area contributed by atoms with Crippen LogP contribution in [0.25, 0.3) is 0 Å². The molecular formula is C19H19FN2O2. The van der Waals surface area contributed by atoms with E-state index < -0.39 is 0 Å². The predicted octanol–water partition coefficient (Wildman–Crippen LogP) is 2.80. The minimum Gasteiger partial charge on any atom is -0.352 e. The third-order valence-electron chi connectivity index (χ3n) is 4.28. The van der Waals surface area contributed by atoms with Crippen molar-refractivity contribution in [1.29, 1.82) is 0 Å². The Hall–Kier alpha value is -2.69. The van der Waals surface area contributed by atoms with E-state index in [2.05, 4.69) is 5.32 Å². The van der Waals surface area contributed by atoms with Crippen molar-refractivity contribution >= 4 is 17.5 Å². The largest absolute Gasteiger partial charge is 0.352 e. The molecule has 2 aromatic rings. The van der Waals surface area contributed by atoms with E-state index in [9.17, 15) is 14.0 Å². The van der Waals surface area contributed by atoms with Gasteiger partial charge in [0, 0.05) is 25.2 Å². The van der Waals surface area contributed by atoms with Gasteiger partial charge in [0.1, 0.15) is 5.82 Å². The summed E-state index contributed by atoms with van der Waals surface area (Å²) < 4.78 is 12.9. The van der Waals surface area contributed by atoms with Crippen LogP contribution in [0, 0.1) is 18.7 Å². The van der Waals surface area contributed by atoms with Crippen molar-refractivity contribution in [3.8, 4) is 0 Å². The van der Waals surface area contributed by atoms with Crippen LogP contribution in [0.1, 0.15) is 17.5 Å². The number of nitrogens with one attached hydrogen (secondary N) is 1. The van der Waals surface area contributed by atoms with E-state index in [0.717, 1.165) is 16.8 Å². The number of nitrogens with zero attached hydrogens (tertiary/aromatic N) is 1. The van der Waals surface area contributed by atoms with Gasteiger partial charge in [-0.15, -0.1) is 0 Å². The molecule has 2 aromatic carbocycles. The van der Waals surface area contributed by atoms with Crippen LogP contribution >= 0.6 is 0 Å². The van der Waals surface area contributed by atoms with E-state index in [0.29, 0.717) is 13.1 Å². The highest BCUT2D eigenvalue weighted by atomic mass is 19.1. The third-order valence-corrected chi connectivity index (χ3v) is 4.28. The van der Waals surface area contributed by atoms with Gasteiger partial charge in [-0.1, -0.05) is 30.3 Å². The topological polar surface area (TPSA) is 49.4 Å². The molecule has 1 N–H and O–H groups in total. The van der Waals surface area contributed by atoms with E-state index in [1.165, 1.54) is 12.1 Å². The molecule has 0 aliphatic carbocycles. The second-order valence-corrected chi connectivity index (χ2v) is 6.04. The van der Waals surface area contributed by atoms with Crippen molar-refractivity contribution in [2.75, 3.05) is 11.4 Å². The number of para-hydroxylation sites is 1. The smallest absolute Gasteiger partial charge is 0.227 e. The molecule has 1 atom stereocenters. The van der Waals surface area contributed by atoms with Gasteiger partial charge in [-0.05, 0) is 36.2 Å². The fourth-order valence-corrected chi connectivity index (χ4v) is 2.92. The molecule has 1 fully saturated rings. The van der Waals surface area contributed by atoms with E-state index in [1.807, 2.05) is 31.2 Å². The molecule has 1 aliphatic rings. The lowest BCUT2D eigenvalue weighted by molar-refractivity contribution is -0.126. The summed E-state index contributed by atoms with van der Waals surface area (Å²) in [6, 6.07) is 13.6. The number of carbonyl (C=O) groups is 2. The normalized spacial score (nSPS) is 17.2. The average Bonchev–Trinajstić information content (AvgIpc) is 2.96. The molecular weight excluding hydrogens is 307 g/mol. The molecule has 1 aliphatic heterocycles. The van der Waals surface area contributed by atoms with Crippen LogP contribution in [0.15, 0.2) is 48.5 Å². The van der Waals surface area contributed by atoms with Gasteiger partial charge in [-0.2, -0.15) is 0 Å². The van der Waals surface area contributed by atoms with Gasteiger partial charge in [-0.3, -0.25) is 9.59 Å². The first kappa shape index (κ1) is 16.2. The number of carbonyl (C=O) groups excluding carboxylic acids is 2. The number of hydrogen-bond donors (Lipinski definition) is 1. The molecule has 4 nitrogen and oxygen atoms in total. The highest BCUT2D eigenvalue weighted by Crippen LogP contribution is 2.27. The lowest BCUT2D eigenvalue weighted by Crippen LogP contribution is -2.32. The summed E-state index contributed by atoms with van der Waals surface area (Å²) >= 11 is 0. The number of anilines is 1. The van der Waals surface area contributed by atoms with Crippen molar-refractivity contribution in [1.82, 2.24) is 5.32 Å². The lowest BCUT2D eigenvalue weighted by Gasteiger charge is -2.19. The number of aryl methyl sites for hydroxylation is 1. The maximum Gasteiger partial charge on any atom is 0.227 e. The van der Waals surface area contributed by atoms with Crippen LogP contribution in [0.2, 0.25) is 0 Å². The third kappa shape index (κ3) is 3.45. The highest BCUT2D eigenvalue weighted by molar-refractivity contribution is 6.00. The molecule has 3 rings (SSSR count). The Balaban J connectivity index is 1.62. The van der Waals surface area contributed by atoms with Gasteiger partial charge in [0.25, 0.3) is 0 Å². The predicted molar refractivity (Wildman–Crippen MR) is 89.9 cm³/mol. The van der Waals surface area contributed by atoms with Gasteiger partial charge in [0.05, 0.1) is 5.92 Å². The summed E-state index contributed by atoms with van der Waals surface area (Å²) in [4.78, 5) is 26.3. The standard InChI is InChI=1S/C19H19FN2O2/c1-13-4-2-3-5-17(13)22-12-15(10-18(22)23)19(24)21-11-14-6-8-16(20)9-7-14/h2-9,15H,10-12H2,1H3,(H,21,24)/t15-/m1/s1. The minimum absolute atomic E-state index is 0.0359. The first-order valence-corrected chi connectivity index (χ1v) is 7.93. The average molecular weight is 326 g/mol. The molecule has 0 saturated carbocycles. The van der Waals surface area contributed by atoms with Crippen LogP contribution in [0.4, 0.5) is 10.1 Å². The number of amides is 2. The number of halogens is 1. The van der Waals surface area contributed by atoms with Crippen molar-refractivity contribution in [2.45, 2.75) is 19.9 Å². The number of hydrogen-bond acceptors (Lipinski definition) is 2. The molecule has 0 unspecified atom stereocenters. The Morgan fingerprint density at radius 3 is 2.62 bits per heavy atom. The maximum absolute atomic E-state index is 12.9. The molecule has 1 saturated heterocycles. The molecule has 5 heteroatoms. The van der Waals surface area contributed by atoms with E-state index in [1.54, 1.807) is 17.0 Å². The zero-order valence-corrected chi connectivity index (χ0v) is 13.5. The molecule has 24 heavy (non-hydrogen) atoms. The fourth-order valence-electron chi connectivity index (χ4n) is 2.92. The second kappa shape index (κ2) is 6.83. The Morgan fingerprint density at radius 2 is 1.92 bits per heavy atom. The summed E-state index contributed by atoms with van der Waals surface area (Å²) in [6.45, 7) is 2.66. The van der Waals surface area contributed by atoms with Crippen LogP contribution in [0.3, 0.4) is 0 Å². The second-order valence-electron chi connectivity index (χ2n) is 6.04. The molecule has 0 spiro atoms. The Bertz CT molecular complexity index is 758. The fraction of sp³-hybridized carbons (Fsp3) is 0.263. The Morgan fingerprint density at radius 1 is 1.21 bits per heavy atom. The van der Waals surface area contributed by atoms with Gasteiger partial charge < -0.3 is 10.2 Å². The van der Waals surface area contributed by atoms with Crippen LogP contribution in [-0.2, 0) is 16.1 Å². The van der Waals surface area contributed by atoms with Crippen LogP contribution in [0.5, 0.6) is 0 Å². The number of benzene rings is 2.